The Bertz CT molecular complexity index is 621. The highest BCUT2D eigenvalue weighted by molar-refractivity contribution is 9.10. The van der Waals surface area contributed by atoms with E-state index >= 15 is 0 Å². The van der Waals surface area contributed by atoms with E-state index in [0.29, 0.717) is 0 Å². The molecule has 2 aromatic carbocycles. The summed E-state index contributed by atoms with van der Waals surface area (Å²) in [5.74, 6) is -1.10. The summed E-state index contributed by atoms with van der Waals surface area (Å²) < 4.78 is 34.0. The second-order valence-corrected chi connectivity index (χ2v) is 6.20. The topological polar surface area (TPSA) is 9.23 Å². The number of benzene rings is 2. The van der Waals surface area contributed by atoms with Crippen LogP contribution in [-0.4, -0.2) is 7.11 Å². The van der Waals surface area contributed by atoms with Crippen LogP contribution in [0, 0.1) is 18.6 Å². The maximum absolute atomic E-state index is 14.1. The highest BCUT2D eigenvalue weighted by atomic mass is 79.9. The molecule has 20 heavy (non-hydrogen) atoms. The van der Waals surface area contributed by atoms with Crippen molar-refractivity contribution in [1.29, 1.82) is 0 Å². The Morgan fingerprint density at radius 2 is 1.70 bits per heavy atom. The van der Waals surface area contributed by atoms with Gasteiger partial charge in [0, 0.05) is 22.2 Å². The summed E-state index contributed by atoms with van der Waals surface area (Å²) in [5.41, 5.74) is 1.74. The van der Waals surface area contributed by atoms with E-state index in [9.17, 15) is 8.78 Å². The Labute approximate surface area is 133 Å². The normalized spacial score (nSPS) is 12.3. The van der Waals surface area contributed by atoms with Crippen molar-refractivity contribution in [2.24, 2.45) is 0 Å². The third-order valence-corrected chi connectivity index (χ3v) is 4.49. The SMILES string of the molecule is COc1cc(F)c(C(Br)c2ccc(Br)cc2C)c(F)c1. The Morgan fingerprint density at radius 3 is 2.20 bits per heavy atom. The molecule has 0 saturated heterocycles. The number of hydrogen-bond donors (Lipinski definition) is 0. The molecule has 2 rings (SSSR count). The molecule has 5 heteroatoms. The molecule has 1 atom stereocenters. The molecule has 0 fully saturated rings. The molecule has 0 aliphatic heterocycles. The lowest BCUT2D eigenvalue weighted by Gasteiger charge is -2.16. The number of ether oxygens (including phenoxy) is 1. The van der Waals surface area contributed by atoms with E-state index in [2.05, 4.69) is 31.9 Å². The van der Waals surface area contributed by atoms with E-state index in [4.69, 9.17) is 4.74 Å². The van der Waals surface area contributed by atoms with Crippen LogP contribution in [-0.2, 0) is 0 Å². The van der Waals surface area contributed by atoms with Gasteiger partial charge < -0.3 is 4.74 Å². The molecule has 0 amide bonds. The summed E-state index contributed by atoms with van der Waals surface area (Å²) in [4.78, 5) is -0.554. The molecule has 0 spiro atoms. The molecule has 0 radical (unpaired) electrons. The van der Waals surface area contributed by atoms with E-state index in [1.165, 1.54) is 19.2 Å². The Morgan fingerprint density at radius 1 is 1.10 bits per heavy atom. The van der Waals surface area contributed by atoms with Gasteiger partial charge in [-0.25, -0.2) is 8.78 Å². The number of aryl methyl sites for hydroxylation is 1. The van der Waals surface area contributed by atoms with Crippen molar-refractivity contribution < 1.29 is 13.5 Å². The second-order valence-electron chi connectivity index (χ2n) is 4.37. The largest absolute Gasteiger partial charge is 0.497 e. The van der Waals surface area contributed by atoms with Crippen molar-refractivity contribution in [1.82, 2.24) is 0 Å². The first-order chi connectivity index (χ1) is 9.43. The fourth-order valence-electron chi connectivity index (χ4n) is 2.00. The summed E-state index contributed by atoms with van der Waals surface area (Å²) in [7, 11) is 1.37. The zero-order valence-corrected chi connectivity index (χ0v) is 14.1. The molecule has 1 nitrogen and oxygen atoms in total. The van der Waals surface area contributed by atoms with Gasteiger partial charge in [-0.1, -0.05) is 37.9 Å². The minimum atomic E-state index is -0.633. The standard InChI is InChI=1S/C15H12Br2F2O/c1-8-5-9(16)3-4-11(8)15(17)14-12(18)6-10(20-2)7-13(14)19/h3-7,15H,1-2H3. The maximum atomic E-state index is 14.1. The molecule has 0 bridgehead atoms. The van der Waals surface area contributed by atoms with Crippen molar-refractivity contribution in [2.75, 3.05) is 7.11 Å². The molecule has 0 aliphatic carbocycles. The number of methoxy groups -OCH3 is 1. The van der Waals surface area contributed by atoms with Crippen molar-refractivity contribution >= 4 is 31.9 Å². The van der Waals surface area contributed by atoms with Gasteiger partial charge in [0.15, 0.2) is 0 Å². The van der Waals surface area contributed by atoms with Crippen molar-refractivity contribution in [3.63, 3.8) is 0 Å². The first-order valence-corrected chi connectivity index (χ1v) is 7.58. The molecule has 0 N–H and O–H groups in total. The zero-order chi connectivity index (χ0) is 14.9. The minimum Gasteiger partial charge on any atom is -0.497 e. The Hall–Kier alpha value is -0.940. The van der Waals surface area contributed by atoms with Gasteiger partial charge in [-0.3, -0.25) is 0 Å². The van der Waals surface area contributed by atoms with Crippen LogP contribution in [0.1, 0.15) is 21.5 Å². The van der Waals surface area contributed by atoms with Gasteiger partial charge in [-0.2, -0.15) is 0 Å². The fourth-order valence-corrected chi connectivity index (χ4v) is 3.43. The first kappa shape index (κ1) is 15.4. The smallest absolute Gasteiger partial charge is 0.134 e. The highest BCUT2D eigenvalue weighted by Crippen LogP contribution is 2.37. The van der Waals surface area contributed by atoms with E-state index in [0.717, 1.165) is 15.6 Å². The fraction of sp³-hybridized carbons (Fsp3) is 0.200. The second kappa shape index (κ2) is 6.22. The Balaban J connectivity index is 2.50. The summed E-state index contributed by atoms with van der Waals surface area (Å²) in [6.45, 7) is 1.90. The van der Waals surface area contributed by atoms with E-state index in [-0.39, 0.29) is 11.3 Å². The van der Waals surface area contributed by atoms with Crippen molar-refractivity contribution in [3.8, 4) is 5.75 Å². The van der Waals surface area contributed by atoms with Gasteiger partial charge in [-0.05, 0) is 30.2 Å². The maximum Gasteiger partial charge on any atom is 0.134 e. The quantitative estimate of drug-likeness (QED) is 0.610. The Kier molecular flexibility index (Phi) is 4.81. The summed E-state index contributed by atoms with van der Waals surface area (Å²) in [6.07, 6.45) is 0. The number of alkyl halides is 1. The van der Waals surface area contributed by atoms with Gasteiger partial charge in [0.2, 0.25) is 0 Å². The average molecular weight is 406 g/mol. The molecule has 0 heterocycles. The van der Waals surface area contributed by atoms with E-state index in [1.54, 1.807) is 0 Å². The van der Waals surface area contributed by atoms with Gasteiger partial charge in [0.1, 0.15) is 17.4 Å². The molecule has 106 valence electrons. The van der Waals surface area contributed by atoms with Gasteiger partial charge in [-0.15, -0.1) is 0 Å². The lowest BCUT2D eigenvalue weighted by atomic mass is 9.99. The lowest BCUT2D eigenvalue weighted by Crippen LogP contribution is -2.03. The molecular weight excluding hydrogens is 394 g/mol. The third-order valence-electron chi connectivity index (χ3n) is 3.05. The average Bonchev–Trinajstić information content (AvgIpc) is 2.37. The number of halogens is 4. The van der Waals surface area contributed by atoms with Crippen LogP contribution in [0.5, 0.6) is 5.75 Å². The van der Waals surface area contributed by atoms with Gasteiger partial charge in [0.05, 0.1) is 11.9 Å². The zero-order valence-electron chi connectivity index (χ0n) is 10.9. The van der Waals surface area contributed by atoms with Crippen LogP contribution in [0.25, 0.3) is 0 Å². The van der Waals surface area contributed by atoms with Gasteiger partial charge in [0.25, 0.3) is 0 Å². The van der Waals surface area contributed by atoms with Crippen LogP contribution in [0.3, 0.4) is 0 Å². The lowest BCUT2D eigenvalue weighted by molar-refractivity contribution is 0.405. The third kappa shape index (κ3) is 3.04. The summed E-state index contributed by atoms with van der Waals surface area (Å²) >= 11 is 6.75. The predicted molar refractivity (Wildman–Crippen MR) is 82.6 cm³/mol. The molecule has 0 aromatic heterocycles. The van der Waals surface area contributed by atoms with Crippen LogP contribution in [0.2, 0.25) is 0 Å². The molecular formula is C15H12Br2F2O. The van der Waals surface area contributed by atoms with E-state index < -0.39 is 16.5 Å². The molecule has 0 aliphatic rings. The van der Waals surface area contributed by atoms with Crippen molar-refractivity contribution in [3.05, 3.63) is 63.1 Å². The van der Waals surface area contributed by atoms with Crippen LogP contribution in [0.15, 0.2) is 34.8 Å². The molecule has 0 saturated carbocycles. The monoisotopic (exact) mass is 404 g/mol. The molecule has 2 aromatic rings. The highest BCUT2D eigenvalue weighted by Gasteiger charge is 2.22. The predicted octanol–water partition coefficient (Wildman–Crippen LogP) is 5.53. The van der Waals surface area contributed by atoms with Crippen molar-refractivity contribution in [2.45, 2.75) is 11.8 Å². The number of hydrogen-bond acceptors (Lipinski definition) is 1. The van der Waals surface area contributed by atoms with Gasteiger partial charge >= 0.3 is 0 Å². The van der Waals surface area contributed by atoms with E-state index in [1.807, 2.05) is 25.1 Å². The van der Waals surface area contributed by atoms with Crippen LogP contribution in [0.4, 0.5) is 8.78 Å². The summed E-state index contributed by atoms with van der Waals surface area (Å²) in [5, 5.41) is 0. The van der Waals surface area contributed by atoms with Crippen LogP contribution >= 0.6 is 31.9 Å². The minimum absolute atomic E-state index is 0.0174. The number of rotatable bonds is 3. The van der Waals surface area contributed by atoms with Crippen LogP contribution < -0.4 is 4.74 Å². The first-order valence-electron chi connectivity index (χ1n) is 5.87. The molecule has 1 unspecified atom stereocenters. The summed E-state index contributed by atoms with van der Waals surface area (Å²) in [6, 6.07) is 7.95.